The van der Waals surface area contributed by atoms with Crippen LogP contribution in [0.1, 0.15) is 31.9 Å². The van der Waals surface area contributed by atoms with E-state index in [4.69, 9.17) is 5.73 Å². The maximum Gasteiger partial charge on any atom is 0.242 e. The smallest absolute Gasteiger partial charge is 0.242 e. The molecule has 0 bridgehead atoms. The number of nitrogens with zero attached hydrogens (tertiary/aromatic N) is 1. The first-order chi connectivity index (χ1) is 10.4. The highest BCUT2D eigenvalue weighted by molar-refractivity contribution is 5.87. The SMILES string of the molecule is CCN(Cc1ccccc1C)C(=O)CNC(=O)[C@@H](N)C(C)C. The number of nitrogens with two attached hydrogens (primary N) is 1. The van der Waals surface area contributed by atoms with Gasteiger partial charge in [-0.15, -0.1) is 0 Å². The summed E-state index contributed by atoms with van der Waals surface area (Å²) in [5.74, 6) is -0.338. The van der Waals surface area contributed by atoms with Gasteiger partial charge >= 0.3 is 0 Å². The average Bonchev–Trinajstić information content (AvgIpc) is 2.50. The predicted molar refractivity (Wildman–Crippen MR) is 88.1 cm³/mol. The Morgan fingerprint density at radius 1 is 1.27 bits per heavy atom. The minimum atomic E-state index is -0.584. The van der Waals surface area contributed by atoms with Crippen molar-refractivity contribution in [1.82, 2.24) is 10.2 Å². The van der Waals surface area contributed by atoms with E-state index in [1.54, 1.807) is 4.90 Å². The lowest BCUT2D eigenvalue weighted by atomic mass is 10.1. The molecule has 5 heteroatoms. The van der Waals surface area contributed by atoms with Gasteiger partial charge in [0.1, 0.15) is 0 Å². The van der Waals surface area contributed by atoms with Gasteiger partial charge in [0.05, 0.1) is 12.6 Å². The Labute approximate surface area is 132 Å². The van der Waals surface area contributed by atoms with Crippen molar-refractivity contribution < 1.29 is 9.59 Å². The largest absolute Gasteiger partial charge is 0.346 e. The number of aryl methyl sites for hydroxylation is 1. The molecule has 0 heterocycles. The number of likely N-dealkylation sites (N-methyl/N-ethyl adjacent to an activating group) is 1. The van der Waals surface area contributed by atoms with Gasteiger partial charge in [0.2, 0.25) is 11.8 Å². The fraction of sp³-hybridized carbons (Fsp3) is 0.529. The van der Waals surface area contributed by atoms with Crippen LogP contribution in [0.3, 0.4) is 0 Å². The van der Waals surface area contributed by atoms with Crippen molar-refractivity contribution in [2.75, 3.05) is 13.1 Å². The van der Waals surface area contributed by atoms with Crippen LogP contribution in [0.4, 0.5) is 0 Å². The van der Waals surface area contributed by atoms with Gasteiger partial charge in [-0.3, -0.25) is 9.59 Å². The molecule has 0 unspecified atom stereocenters. The van der Waals surface area contributed by atoms with E-state index < -0.39 is 6.04 Å². The molecule has 0 saturated carbocycles. The van der Waals surface area contributed by atoms with Crippen LogP contribution in [0.2, 0.25) is 0 Å². The fourth-order valence-electron chi connectivity index (χ4n) is 2.06. The van der Waals surface area contributed by atoms with Crippen LogP contribution in [0.15, 0.2) is 24.3 Å². The molecule has 0 aliphatic carbocycles. The third-order valence-electron chi connectivity index (χ3n) is 3.79. The monoisotopic (exact) mass is 305 g/mol. The lowest BCUT2D eigenvalue weighted by Crippen LogP contribution is -2.47. The van der Waals surface area contributed by atoms with Crippen LogP contribution in [0, 0.1) is 12.8 Å². The molecule has 1 aromatic rings. The molecule has 0 saturated heterocycles. The summed E-state index contributed by atoms with van der Waals surface area (Å²) in [6.45, 7) is 8.84. The number of hydrogen-bond acceptors (Lipinski definition) is 3. The zero-order chi connectivity index (χ0) is 16.7. The second-order valence-corrected chi connectivity index (χ2v) is 5.82. The van der Waals surface area contributed by atoms with Gasteiger partial charge in [0.15, 0.2) is 0 Å². The van der Waals surface area contributed by atoms with Crippen molar-refractivity contribution in [2.45, 2.75) is 40.3 Å². The molecule has 1 rings (SSSR count). The number of nitrogens with one attached hydrogen (secondary N) is 1. The number of benzene rings is 1. The van der Waals surface area contributed by atoms with Crippen molar-refractivity contribution in [3.63, 3.8) is 0 Å². The molecule has 0 aliphatic rings. The lowest BCUT2D eigenvalue weighted by Gasteiger charge is -2.23. The highest BCUT2D eigenvalue weighted by Crippen LogP contribution is 2.10. The molecule has 2 amide bonds. The number of carbonyl (C=O) groups is 2. The van der Waals surface area contributed by atoms with E-state index in [2.05, 4.69) is 5.32 Å². The summed E-state index contributed by atoms with van der Waals surface area (Å²) in [7, 11) is 0. The first kappa shape index (κ1) is 18.2. The van der Waals surface area contributed by atoms with Crippen LogP contribution in [-0.4, -0.2) is 35.8 Å². The molecule has 3 N–H and O–H groups in total. The van der Waals surface area contributed by atoms with E-state index in [0.717, 1.165) is 11.1 Å². The Morgan fingerprint density at radius 3 is 2.45 bits per heavy atom. The summed E-state index contributed by atoms with van der Waals surface area (Å²) < 4.78 is 0. The molecule has 0 spiro atoms. The number of amides is 2. The Balaban J connectivity index is 2.58. The number of rotatable bonds is 7. The van der Waals surface area contributed by atoms with E-state index in [1.165, 1.54) is 0 Å². The minimum absolute atomic E-state index is 0.0149. The summed E-state index contributed by atoms with van der Waals surface area (Å²) in [4.78, 5) is 25.8. The van der Waals surface area contributed by atoms with Gasteiger partial charge in [-0.1, -0.05) is 38.1 Å². The molecule has 22 heavy (non-hydrogen) atoms. The van der Waals surface area contributed by atoms with E-state index in [9.17, 15) is 9.59 Å². The molecule has 1 aromatic carbocycles. The Bertz CT molecular complexity index is 514. The molecule has 122 valence electrons. The Kier molecular flexibility index (Phi) is 7.05. The summed E-state index contributed by atoms with van der Waals surface area (Å²) in [6, 6.07) is 7.39. The van der Waals surface area contributed by atoms with Crippen LogP contribution >= 0.6 is 0 Å². The molecule has 1 atom stereocenters. The van der Waals surface area contributed by atoms with E-state index >= 15 is 0 Å². The number of carbonyl (C=O) groups excluding carboxylic acids is 2. The predicted octanol–water partition coefficient (Wildman–Crippen LogP) is 1.44. The molecule has 0 aromatic heterocycles. The third kappa shape index (κ3) is 5.15. The molecule has 5 nitrogen and oxygen atoms in total. The van der Waals surface area contributed by atoms with Gasteiger partial charge in [-0.05, 0) is 30.9 Å². The topological polar surface area (TPSA) is 75.4 Å². The Morgan fingerprint density at radius 2 is 1.91 bits per heavy atom. The van der Waals surface area contributed by atoms with Gasteiger partial charge in [-0.2, -0.15) is 0 Å². The zero-order valence-corrected chi connectivity index (χ0v) is 13.9. The zero-order valence-electron chi connectivity index (χ0n) is 13.9. The highest BCUT2D eigenvalue weighted by atomic mass is 16.2. The fourth-order valence-corrected chi connectivity index (χ4v) is 2.06. The van der Waals surface area contributed by atoms with E-state index in [0.29, 0.717) is 13.1 Å². The van der Waals surface area contributed by atoms with Gasteiger partial charge in [-0.25, -0.2) is 0 Å². The van der Waals surface area contributed by atoms with Crippen LogP contribution in [0.25, 0.3) is 0 Å². The highest BCUT2D eigenvalue weighted by Gasteiger charge is 2.19. The van der Waals surface area contributed by atoms with Crippen molar-refractivity contribution in [1.29, 1.82) is 0 Å². The molecular weight excluding hydrogens is 278 g/mol. The minimum Gasteiger partial charge on any atom is -0.346 e. The summed E-state index contributed by atoms with van der Waals surface area (Å²) in [6.07, 6.45) is 0. The molecule has 0 fully saturated rings. The third-order valence-corrected chi connectivity index (χ3v) is 3.79. The standard InChI is InChI=1S/C17H27N3O2/c1-5-20(11-14-9-7-6-8-13(14)4)15(21)10-19-17(22)16(18)12(2)3/h6-9,12,16H,5,10-11,18H2,1-4H3,(H,19,22)/t16-/m0/s1. The normalized spacial score (nSPS) is 12.1. The van der Waals surface area contributed by atoms with Crippen LogP contribution in [0.5, 0.6) is 0 Å². The summed E-state index contributed by atoms with van der Waals surface area (Å²) in [5, 5.41) is 2.62. The summed E-state index contributed by atoms with van der Waals surface area (Å²) >= 11 is 0. The van der Waals surface area contributed by atoms with Crippen molar-refractivity contribution in [3.05, 3.63) is 35.4 Å². The van der Waals surface area contributed by atoms with Gasteiger partial charge < -0.3 is 16.0 Å². The molecule has 0 aliphatic heterocycles. The second kappa shape index (κ2) is 8.54. The van der Waals surface area contributed by atoms with Crippen molar-refractivity contribution in [2.24, 2.45) is 11.7 Å². The lowest BCUT2D eigenvalue weighted by molar-refractivity contribution is -0.133. The average molecular weight is 305 g/mol. The van der Waals surface area contributed by atoms with E-state index in [-0.39, 0.29) is 24.3 Å². The first-order valence-electron chi connectivity index (χ1n) is 7.72. The number of hydrogen-bond donors (Lipinski definition) is 2. The van der Waals surface area contributed by atoms with Gasteiger partial charge in [0.25, 0.3) is 0 Å². The maximum atomic E-state index is 12.3. The van der Waals surface area contributed by atoms with Crippen LogP contribution < -0.4 is 11.1 Å². The second-order valence-electron chi connectivity index (χ2n) is 5.82. The van der Waals surface area contributed by atoms with Gasteiger partial charge in [0, 0.05) is 13.1 Å². The Hall–Kier alpha value is -1.88. The van der Waals surface area contributed by atoms with Crippen LogP contribution in [-0.2, 0) is 16.1 Å². The van der Waals surface area contributed by atoms with E-state index in [1.807, 2.05) is 52.0 Å². The maximum absolute atomic E-state index is 12.3. The summed E-state index contributed by atoms with van der Waals surface area (Å²) in [5.41, 5.74) is 8.03. The molecular formula is C17H27N3O2. The first-order valence-corrected chi connectivity index (χ1v) is 7.72. The quantitative estimate of drug-likeness (QED) is 0.800. The molecule has 0 radical (unpaired) electrons. The van der Waals surface area contributed by atoms with Crippen molar-refractivity contribution in [3.8, 4) is 0 Å². The van der Waals surface area contributed by atoms with Crippen molar-refractivity contribution >= 4 is 11.8 Å².